The second kappa shape index (κ2) is 9.00. The van der Waals surface area contributed by atoms with E-state index in [2.05, 4.69) is 15.5 Å². The minimum atomic E-state index is -3.41. The lowest BCUT2D eigenvalue weighted by Crippen LogP contribution is -2.41. The van der Waals surface area contributed by atoms with Gasteiger partial charge in [-0.05, 0) is 17.7 Å². The molecule has 0 atom stereocenters. The molecular weight excluding hydrogens is 424 g/mol. The first-order chi connectivity index (χ1) is 14.5. The molecule has 1 fully saturated rings. The predicted molar refractivity (Wildman–Crippen MR) is 115 cm³/mol. The molecule has 1 aliphatic rings. The molecule has 10 heteroatoms. The lowest BCUT2D eigenvalue weighted by atomic mass is 10.1. The average Bonchev–Trinajstić information content (AvgIpc) is 3.24. The van der Waals surface area contributed by atoms with E-state index in [0.717, 1.165) is 10.6 Å². The van der Waals surface area contributed by atoms with Crippen molar-refractivity contribution >= 4 is 32.4 Å². The number of rotatable bonds is 6. The number of nitrogens with one attached hydrogen (secondary N) is 1. The maximum atomic E-state index is 12.5. The van der Waals surface area contributed by atoms with Crippen molar-refractivity contribution in [2.45, 2.75) is 5.75 Å². The van der Waals surface area contributed by atoms with Crippen LogP contribution in [0.4, 0.5) is 5.13 Å². The van der Waals surface area contributed by atoms with Crippen molar-refractivity contribution in [3.8, 4) is 10.6 Å². The Kier molecular flexibility index (Phi) is 6.18. The SMILES string of the molecule is O=C(Nc1nnc(-c2ccccc2)s1)c1ccc(CS(=O)(=O)N2CCOCC2)cc1. The van der Waals surface area contributed by atoms with Crippen molar-refractivity contribution in [1.82, 2.24) is 14.5 Å². The van der Waals surface area contributed by atoms with Gasteiger partial charge in [-0.25, -0.2) is 8.42 Å². The van der Waals surface area contributed by atoms with Gasteiger partial charge in [0.15, 0.2) is 0 Å². The molecule has 1 saturated heterocycles. The summed E-state index contributed by atoms with van der Waals surface area (Å²) in [5, 5.41) is 12.0. The van der Waals surface area contributed by atoms with Crippen LogP contribution in [0.5, 0.6) is 0 Å². The van der Waals surface area contributed by atoms with Crippen molar-refractivity contribution in [2.75, 3.05) is 31.6 Å². The molecule has 0 aliphatic carbocycles. The third-order valence-corrected chi connectivity index (χ3v) is 7.33. The first kappa shape index (κ1) is 20.6. The van der Waals surface area contributed by atoms with E-state index in [4.69, 9.17) is 4.74 Å². The van der Waals surface area contributed by atoms with Gasteiger partial charge >= 0.3 is 0 Å². The standard InChI is InChI=1S/C20H20N4O4S2/c25-18(21-20-23-22-19(29-20)17-4-2-1-3-5-17)16-8-6-15(7-9-16)14-30(26,27)24-10-12-28-13-11-24/h1-9H,10-14H2,(H,21,23,25). The summed E-state index contributed by atoms with van der Waals surface area (Å²) >= 11 is 1.29. The number of aromatic nitrogens is 2. The fourth-order valence-corrected chi connectivity index (χ4v) is 5.27. The molecule has 0 radical (unpaired) electrons. The lowest BCUT2D eigenvalue weighted by Gasteiger charge is -2.26. The van der Waals surface area contributed by atoms with Crippen LogP contribution in [0.2, 0.25) is 0 Å². The van der Waals surface area contributed by atoms with Gasteiger partial charge in [0.25, 0.3) is 5.91 Å². The van der Waals surface area contributed by atoms with Crippen LogP contribution in [-0.2, 0) is 20.5 Å². The largest absolute Gasteiger partial charge is 0.379 e. The monoisotopic (exact) mass is 444 g/mol. The number of carbonyl (C=O) groups excluding carboxylic acids is 1. The number of ether oxygens (including phenoxy) is 1. The Morgan fingerprint density at radius 2 is 1.73 bits per heavy atom. The van der Waals surface area contributed by atoms with Gasteiger partial charge in [-0.2, -0.15) is 4.31 Å². The molecule has 3 aromatic rings. The van der Waals surface area contributed by atoms with Crippen LogP contribution in [0, 0.1) is 0 Å². The molecule has 0 bridgehead atoms. The quantitative estimate of drug-likeness (QED) is 0.627. The van der Waals surface area contributed by atoms with E-state index < -0.39 is 10.0 Å². The number of carbonyl (C=O) groups is 1. The van der Waals surface area contributed by atoms with Crippen LogP contribution in [0.3, 0.4) is 0 Å². The summed E-state index contributed by atoms with van der Waals surface area (Å²) in [6.07, 6.45) is 0. The van der Waals surface area contributed by atoms with E-state index in [1.165, 1.54) is 15.6 Å². The molecule has 1 amide bonds. The number of anilines is 1. The van der Waals surface area contributed by atoms with Gasteiger partial charge in [0.1, 0.15) is 5.01 Å². The number of hydrogen-bond donors (Lipinski definition) is 1. The fraction of sp³-hybridized carbons (Fsp3) is 0.250. The highest BCUT2D eigenvalue weighted by Crippen LogP contribution is 2.26. The molecule has 0 unspecified atom stereocenters. The average molecular weight is 445 g/mol. The van der Waals surface area contributed by atoms with E-state index in [9.17, 15) is 13.2 Å². The minimum Gasteiger partial charge on any atom is -0.379 e. The number of sulfonamides is 1. The fourth-order valence-electron chi connectivity index (χ4n) is 3.02. The smallest absolute Gasteiger partial charge is 0.257 e. The zero-order chi connectivity index (χ0) is 21.0. The summed E-state index contributed by atoms with van der Waals surface area (Å²) in [4.78, 5) is 12.5. The highest BCUT2D eigenvalue weighted by atomic mass is 32.2. The summed E-state index contributed by atoms with van der Waals surface area (Å²) in [7, 11) is -3.41. The third-order valence-electron chi connectivity index (χ3n) is 4.59. The van der Waals surface area contributed by atoms with Gasteiger partial charge in [0.2, 0.25) is 15.2 Å². The van der Waals surface area contributed by atoms with Crippen molar-refractivity contribution in [3.05, 3.63) is 65.7 Å². The maximum Gasteiger partial charge on any atom is 0.257 e. The van der Waals surface area contributed by atoms with E-state index in [-0.39, 0.29) is 11.7 Å². The lowest BCUT2D eigenvalue weighted by molar-refractivity contribution is 0.0729. The van der Waals surface area contributed by atoms with Crippen molar-refractivity contribution in [2.24, 2.45) is 0 Å². The van der Waals surface area contributed by atoms with Crippen molar-refractivity contribution < 1.29 is 17.9 Å². The zero-order valence-electron chi connectivity index (χ0n) is 16.0. The molecule has 4 rings (SSSR count). The summed E-state index contributed by atoms with van der Waals surface area (Å²) in [6.45, 7) is 1.57. The number of hydrogen-bond acceptors (Lipinski definition) is 7. The summed E-state index contributed by atoms with van der Waals surface area (Å²) in [6, 6.07) is 16.1. The van der Waals surface area contributed by atoms with E-state index >= 15 is 0 Å². The molecule has 1 aromatic heterocycles. The molecule has 1 N–H and O–H groups in total. The molecule has 156 valence electrons. The Morgan fingerprint density at radius 3 is 2.43 bits per heavy atom. The molecule has 0 saturated carbocycles. The van der Waals surface area contributed by atoms with E-state index in [1.54, 1.807) is 24.3 Å². The third kappa shape index (κ3) is 4.90. The van der Waals surface area contributed by atoms with Crippen molar-refractivity contribution in [3.63, 3.8) is 0 Å². The van der Waals surface area contributed by atoms with Gasteiger partial charge in [0.05, 0.1) is 19.0 Å². The van der Waals surface area contributed by atoms with Gasteiger partial charge in [-0.15, -0.1) is 10.2 Å². The Labute approximate surface area is 178 Å². The topological polar surface area (TPSA) is 101 Å². The molecule has 1 aliphatic heterocycles. The summed E-state index contributed by atoms with van der Waals surface area (Å²) in [5.74, 6) is -0.431. The normalized spacial score (nSPS) is 15.1. The summed E-state index contributed by atoms with van der Waals surface area (Å²) < 4.78 is 31.7. The van der Waals surface area contributed by atoms with Crippen molar-refractivity contribution in [1.29, 1.82) is 0 Å². The van der Waals surface area contributed by atoms with Gasteiger partial charge in [0, 0.05) is 24.2 Å². The Balaban J connectivity index is 1.39. The van der Waals surface area contributed by atoms with Crippen LogP contribution >= 0.6 is 11.3 Å². The van der Waals surface area contributed by atoms with E-state index in [0.29, 0.717) is 42.6 Å². The second-order valence-electron chi connectivity index (χ2n) is 6.70. The number of benzene rings is 2. The molecule has 0 spiro atoms. The molecular formula is C20H20N4O4S2. The number of morpholine rings is 1. The van der Waals surface area contributed by atoms with Crippen LogP contribution in [-0.4, -0.2) is 55.1 Å². The Bertz CT molecular complexity index is 1110. The van der Waals surface area contributed by atoms with Gasteiger partial charge in [-0.1, -0.05) is 53.8 Å². The summed E-state index contributed by atoms with van der Waals surface area (Å²) in [5.41, 5.74) is 1.97. The van der Waals surface area contributed by atoms with Crippen LogP contribution in [0.15, 0.2) is 54.6 Å². The molecule has 2 heterocycles. The minimum absolute atomic E-state index is 0.105. The van der Waals surface area contributed by atoms with Crippen LogP contribution in [0.25, 0.3) is 10.6 Å². The molecule has 2 aromatic carbocycles. The maximum absolute atomic E-state index is 12.5. The zero-order valence-corrected chi connectivity index (χ0v) is 17.7. The first-order valence-electron chi connectivity index (χ1n) is 9.36. The highest BCUT2D eigenvalue weighted by molar-refractivity contribution is 7.88. The number of amides is 1. The van der Waals surface area contributed by atoms with E-state index in [1.807, 2.05) is 30.3 Å². The predicted octanol–water partition coefficient (Wildman–Crippen LogP) is 2.62. The molecule has 30 heavy (non-hydrogen) atoms. The second-order valence-corrected chi connectivity index (χ2v) is 9.64. The van der Waals surface area contributed by atoms with Crippen LogP contribution in [0.1, 0.15) is 15.9 Å². The Hall–Kier alpha value is -2.66. The number of nitrogens with zero attached hydrogens (tertiary/aromatic N) is 3. The van der Waals surface area contributed by atoms with Gasteiger partial charge in [-0.3, -0.25) is 10.1 Å². The Morgan fingerprint density at radius 1 is 1.03 bits per heavy atom. The first-order valence-corrected chi connectivity index (χ1v) is 11.8. The van der Waals surface area contributed by atoms with Gasteiger partial charge < -0.3 is 4.74 Å². The molecule has 8 nitrogen and oxygen atoms in total. The van der Waals surface area contributed by atoms with Crippen LogP contribution < -0.4 is 5.32 Å². The highest BCUT2D eigenvalue weighted by Gasteiger charge is 2.24.